The Balaban J connectivity index is 0.00000370. The molecule has 1 amide bonds. The van der Waals surface area contributed by atoms with E-state index >= 15 is 0 Å². The predicted molar refractivity (Wildman–Crippen MR) is 158 cm³/mol. The number of ether oxygens (including phenoxy) is 2. The summed E-state index contributed by atoms with van der Waals surface area (Å²) in [6, 6.07) is 14.7. The average molecular weight is 614 g/mol. The highest BCUT2D eigenvalue weighted by atomic mass is 35.5. The van der Waals surface area contributed by atoms with Gasteiger partial charge in [0.1, 0.15) is 12.4 Å². The second-order valence-electron chi connectivity index (χ2n) is 10.3. The number of carbonyl (C=O) groups is 1. The number of carbonyl (C=O) groups excluding carboxylic acids is 1. The number of amides is 1. The summed E-state index contributed by atoms with van der Waals surface area (Å²) in [6.07, 6.45) is 3.99. The zero-order valence-corrected chi connectivity index (χ0v) is 25.1. The molecule has 5 rings (SSSR count). The third-order valence-electron chi connectivity index (χ3n) is 8.15. The number of hydrogen-bond acceptors (Lipinski definition) is 6. The van der Waals surface area contributed by atoms with Crippen LogP contribution in [-0.4, -0.2) is 76.2 Å². The molecule has 1 saturated carbocycles. The van der Waals surface area contributed by atoms with Crippen LogP contribution in [0.4, 0.5) is 4.79 Å². The predicted octanol–water partition coefficient (Wildman–Crippen LogP) is 4.06. The number of nitrogens with one attached hydrogen (secondary N) is 2. The second-order valence-corrected chi connectivity index (χ2v) is 12.5. The second kappa shape index (κ2) is 13.3. The van der Waals surface area contributed by atoms with Crippen molar-refractivity contribution in [3.05, 3.63) is 64.2 Å². The summed E-state index contributed by atoms with van der Waals surface area (Å²) < 4.78 is 40.5. The number of piperazine rings is 1. The van der Waals surface area contributed by atoms with Crippen LogP contribution in [0.3, 0.4) is 0 Å². The molecule has 1 aliphatic carbocycles. The van der Waals surface area contributed by atoms with E-state index < -0.39 is 16.3 Å². The van der Waals surface area contributed by atoms with Crippen LogP contribution in [0.25, 0.3) is 0 Å². The number of fused-ring (bicyclic) bond motifs is 1. The lowest BCUT2D eigenvalue weighted by Gasteiger charge is -2.50. The lowest BCUT2D eigenvalue weighted by atomic mass is 9.58. The van der Waals surface area contributed by atoms with Crippen molar-refractivity contribution in [1.82, 2.24) is 19.2 Å². The number of halogens is 2. The first kappa shape index (κ1) is 30.9. The summed E-state index contributed by atoms with van der Waals surface area (Å²) in [4.78, 5) is 13.4. The van der Waals surface area contributed by atoms with Crippen LogP contribution < -0.4 is 14.8 Å². The third kappa shape index (κ3) is 6.53. The topological polar surface area (TPSA) is 100 Å². The van der Waals surface area contributed by atoms with Gasteiger partial charge in [0, 0.05) is 49.2 Å². The molecule has 2 aromatic carbocycles. The van der Waals surface area contributed by atoms with Crippen molar-refractivity contribution in [2.75, 3.05) is 52.5 Å². The molecule has 0 aromatic heterocycles. The molecule has 2 N–H and O–H groups in total. The van der Waals surface area contributed by atoms with Crippen LogP contribution in [0, 0.1) is 0 Å². The summed E-state index contributed by atoms with van der Waals surface area (Å²) in [5, 5.41) is 4.53. The quantitative estimate of drug-likeness (QED) is 0.414. The molecular weight excluding hydrogens is 575 g/mol. The van der Waals surface area contributed by atoms with Crippen LogP contribution >= 0.6 is 24.0 Å². The summed E-state index contributed by atoms with van der Waals surface area (Å²) in [5.41, 5.74) is 3.93. The molecular formula is C28H38Cl2N4O5S. The van der Waals surface area contributed by atoms with Gasteiger partial charge in [0.2, 0.25) is 0 Å². The number of nitrogens with zero attached hydrogens (tertiary/aromatic N) is 2. The van der Waals surface area contributed by atoms with Crippen LogP contribution in [0.15, 0.2) is 42.5 Å². The fraction of sp³-hybridized carbons (Fsp3) is 0.536. The van der Waals surface area contributed by atoms with E-state index in [2.05, 4.69) is 34.3 Å². The van der Waals surface area contributed by atoms with Crippen molar-refractivity contribution in [2.45, 2.75) is 44.1 Å². The molecule has 0 bridgehead atoms. The average Bonchev–Trinajstić information content (AvgIpc) is 2.92. The van der Waals surface area contributed by atoms with E-state index in [9.17, 15) is 13.2 Å². The minimum Gasteiger partial charge on any atom is -0.492 e. The largest absolute Gasteiger partial charge is 0.492 e. The smallest absolute Gasteiger partial charge is 0.409 e. The molecule has 0 radical (unpaired) electrons. The first-order valence-electron chi connectivity index (χ1n) is 13.7. The molecule has 2 fully saturated rings. The number of benzene rings is 2. The van der Waals surface area contributed by atoms with Gasteiger partial charge < -0.3 is 19.7 Å². The van der Waals surface area contributed by atoms with Gasteiger partial charge in [-0.05, 0) is 73.7 Å². The van der Waals surface area contributed by atoms with Gasteiger partial charge in [0.05, 0.1) is 6.61 Å². The minimum absolute atomic E-state index is 0. The minimum atomic E-state index is -3.67. The zero-order valence-electron chi connectivity index (χ0n) is 22.7. The molecule has 9 nitrogen and oxygen atoms in total. The van der Waals surface area contributed by atoms with Crippen molar-refractivity contribution < 1.29 is 22.7 Å². The van der Waals surface area contributed by atoms with E-state index in [0.29, 0.717) is 19.7 Å². The molecule has 1 unspecified atom stereocenters. The van der Waals surface area contributed by atoms with Gasteiger partial charge in [0.25, 0.3) is 10.2 Å². The van der Waals surface area contributed by atoms with Crippen LogP contribution in [0.2, 0.25) is 5.02 Å². The van der Waals surface area contributed by atoms with Crippen LogP contribution in [-0.2, 0) is 26.8 Å². The van der Waals surface area contributed by atoms with Gasteiger partial charge in [-0.25, -0.2) is 4.79 Å². The molecule has 40 heavy (non-hydrogen) atoms. The van der Waals surface area contributed by atoms with Gasteiger partial charge in [-0.2, -0.15) is 17.4 Å². The normalized spacial score (nSPS) is 20.6. The Hall–Kier alpha value is -2.08. The fourth-order valence-corrected chi connectivity index (χ4v) is 7.25. The summed E-state index contributed by atoms with van der Waals surface area (Å²) in [5.74, 6) is 0.732. The van der Waals surface area contributed by atoms with Crippen molar-refractivity contribution >= 4 is 40.3 Å². The molecule has 220 valence electrons. The highest BCUT2D eigenvalue weighted by Gasteiger charge is 2.47. The van der Waals surface area contributed by atoms with Gasteiger partial charge >= 0.3 is 6.09 Å². The number of rotatable bonds is 9. The Morgan fingerprint density at radius 2 is 1.85 bits per heavy atom. The zero-order chi connectivity index (χ0) is 27.5. The van der Waals surface area contributed by atoms with E-state index in [0.717, 1.165) is 36.6 Å². The van der Waals surface area contributed by atoms with Crippen molar-refractivity contribution in [1.29, 1.82) is 0 Å². The van der Waals surface area contributed by atoms with Crippen molar-refractivity contribution in [3.63, 3.8) is 0 Å². The summed E-state index contributed by atoms with van der Waals surface area (Å²) in [7, 11) is -3.67. The molecule has 2 heterocycles. The first-order valence-corrected chi connectivity index (χ1v) is 15.6. The molecule has 3 aliphatic rings. The van der Waals surface area contributed by atoms with Gasteiger partial charge in [-0.1, -0.05) is 36.2 Å². The van der Waals surface area contributed by atoms with Gasteiger partial charge in [-0.15, -0.1) is 12.4 Å². The van der Waals surface area contributed by atoms with E-state index in [1.807, 2.05) is 18.2 Å². The maximum absolute atomic E-state index is 12.7. The standard InChI is InChI=1S/C28H37ClN4O5S.ClH/c1-2-37-27(34)32-15-17-33(18-16-32)39(35,36)31-14-19-38-24-9-4-21-10-13-30-26(25(21)20-24)28(11-3-12-28)22-5-7-23(29)8-6-22;/h4-9,20,26,30-31H,2-3,10-19H2,1H3;1H. The Bertz CT molecular complexity index is 1270. The Morgan fingerprint density at radius 1 is 1.12 bits per heavy atom. The highest BCUT2D eigenvalue weighted by Crippen LogP contribution is 2.53. The third-order valence-corrected chi connectivity index (χ3v) is 10.0. The maximum atomic E-state index is 12.7. The monoisotopic (exact) mass is 612 g/mol. The Morgan fingerprint density at radius 3 is 2.50 bits per heavy atom. The summed E-state index contributed by atoms with van der Waals surface area (Å²) >= 11 is 6.17. The molecule has 0 spiro atoms. The molecule has 12 heteroatoms. The first-order chi connectivity index (χ1) is 18.8. The van der Waals surface area contributed by atoms with E-state index in [1.54, 1.807) is 6.92 Å². The van der Waals surface area contributed by atoms with Gasteiger partial charge in [-0.3, -0.25) is 0 Å². The molecule has 2 aromatic rings. The van der Waals surface area contributed by atoms with E-state index in [4.69, 9.17) is 21.1 Å². The molecule has 2 aliphatic heterocycles. The Kier molecular flexibility index (Phi) is 10.2. The lowest BCUT2D eigenvalue weighted by Crippen LogP contribution is -2.53. The number of hydrogen-bond donors (Lipinski definition) is 2. The Labute approximate surface area is 248 Å². The van der Waals surface area contributed by atoms with Crippen LogP contribution in [0.1, 0.15) is 48.9 Å². The SMILES string of the molecule is CCOC(=O)N1CCN(S(=O)(=O)NCCOc2ccc3c(c2)C(C2(c4ccc(Cl)cc4)CCC2)NCC3)CC1.Cl. The summed E-state index contributed by atoms with van der Waals surface area (Å²) in [6.45, 7) is 4.39. The highest BCUT2D eigenvalue weighted by molar-refractivity contribution is 7.87. The van der Waals surface area contributed by atoms with E-state index in [-0.39, 0.29) is 50.1 Å². The van der Waals surface area contributed by atoms with Gasteiger partial charge in [0.15, 0.2) is 0 Å². The molecule has 1 saturated heterocycles. The lowest BCUT2D eigenvalue weighted by molar-refractivity contribution is 0.0932. The van der Waals surface area contributed by atoms with Crippen molar-refractivity contribution in [3.8, 4) is 5.75 Å². The molecule has 1 atom stereocenters. The van der Waals surface area contributed by atoms with E-state index in [1.165, 1.54) is 32.3 Å². The maximum Gasteiger partial charge on any atom is 0.409 e. The van der Waals surface area contributed by atoms with Crippen LogP contribution in [0.5, 0.6) is 5.75 Å². The fourth-order valence-electron chi connectivity index (χ4n) is 5.95. The van der Waals surface area contributed by atoms with Crippen molar-refractivity contribution in [2.24, 2.45) is 0 Å².